The van der Waals surface area contributed by atoms with Crippen molar-refractivity contribution < 1.29 is 18.7 Å². The number of benzene rings is 1. The van der Waals surface area contributed by atoms with Gasteiger partial charge in [-0.25, -0.2) is 0 Å². The van der Waals surface area contributed by atoms with Crippen molar-refractivity contribution in [1.82, 2.24) is 0 Å². The standard InChI is InChI=1S/C18H32N3O3/c1-21(2,3)8-9-22-10-11-23-12-13-24-18-6-4-16(5-7-18)14-17(20)15-19/h4-7,15,17,19H,8-14,20H2,1-3H3/q+1. The summed E-state index contributed by atoms with van der Waals surface area (Å²) in [6, 6.07) is 7.55. The Morgan fingerprint density at radius 1 is 1.00 bits per heavy atom. The minimum Gasteiger partial charge on any atom is -0.491 e. The Balaban J connectivity index is 2.04. The minimum absolute atomic E-state index is 0.227. The van der Waals surface area contributed by atoms with Gasteiger partial charge in [-0.05, 0) is 24.1 Å². The van der Waals surface area contributed by atoms with Gasteiger partial charge in [0.15, 0.2) is 0 Å². The Morgan fingerprint density at radius 3 is 2.17 bits per heavy atom. The van der Waals surface area contributed by atoms with E-state index in [1.54, 1.807) is 0 Å². The van der Waals surface area contributed by atoms with Gasteiger partial charge >= 0.3 is 0 Å². The van der Waals surface area contributed by atoms with E-state index in [0.29, 0.717) is 32.8 Å². The smallest absolute Gasteiger partial charge is 0.119 e. The average Bonchev–Trinajstić information content (AvgIpc) is 2.53. The molecular formula is C18H32N3O3+. The van der Waals surface area contributed by atoms with E-state index < -0.39 is 0 Å². The first kappa shape index (κ1) is 20.6. The summed E-state index contributed by atoms with van der Waals surface area (Å²) in [5.74, 6) is 0.810. The van der Waals surface area contributed by atoms with E-state index in [-0.39, 0.29) is 6.04 Å². The van der Waals surface area contributed by atoms with Gasteiger partial charge in [-0.15, -0.1) is 0 Å². The van der Waals surface area contributed by atoms with E-state index in [1.165, 1.54) is 6.21 Å². The Kier molecular flexibility index (Phi) is 9.56. The van der Waals surface area contributed by atoms with Crippen molar-refractivity contribution in [2.45, 2.75) is 12.5 Å². The molecule has 6 nitrogen and oxygen atoms in total. The van der Waals surface area contributed by atoms with E-state index in [0.717, 1.165) is 28.9 Å². The maximum atomic E-state index is 7.11. The van der Waals surface area contributed by atoms with Crippen molar-refractivity contribution in [3.05, 3.63) is 29.8 Å². The third-order valence-electron chi connectivity index (χ3n) is 3.38. The van der Waals surface area contributed by atoms with Gasteiger partial charge in [0, 0.05) is 12.3 Å². The summed E-state index contributed by atoms with van der Waals surface area (Å²) in [7, 11) is 6.43. The van der Waals surface area contributed by atoms with Crippen LogP contribution in [0.4, 0.5) is 0 Å². The molecule has 1 atom stereocenters. The third kappa shape index (κ3) is 10.3. The van der Waals surface area contributed by atoms with Gasteiger partial charge in [0.25, 0.3) is 0 Å². The molecule has 24 heavy (non-hydrogen) atoms. The SMILES string of the molecule is C[N+](C)(C)CCOCCOCCOc1ccc(CC(N)C=N)cc1. The second-order valence-corrected chi connectivity index (χ2v) is 6.77. The highest BCUT2D eigenvalue weighted by Gasteiger charge is 2.05. The molecule has 0 aliphatic carbocycles. The zero-order valence-electron chi connectivity index (χ0n) is 15.2. The van der Waals surface area contributed by atoms with Crippen molar-refractivity contribution >= 4 is 6.21 Å². The molecule has 0 amide bonds. The van der Waals surface area contributed by atoms with Crippen LogP contribution >= 0.6 is 0 Å². The number of quaternary nitrogens is 1. The van der Waals surface area contributed by atoms with E-state index in [4.69, 9.17) is 25.4 Å². The average molecular weight is 338 g/mol. The molecule has 1 aromatic carbocycles. The minimum atomic E-state index is -0.227. The van der Waals surface area contributed by atoms with Crippen molar-refractivity contribution in [2.24, 2.45) is 5.73 Å². The quantitative estimate of drug-likeness (QED) is 0.323. The van der Waals surface area contributed by atoms with E-state index >= 15 is 0 Å². The van der Waals surface area contributed by atoms with Crippen LogP contribution in [-0.4, -0.2) is 77.5 Å². The van der Waals surface area contributed by atoms with Gasteiger partial charge in [0.2, 0.25) is 0 Å². The molecule has 0 saturated carbocycles. The molecular weight excluding hydrogens is 306 g/mol. The lowest BCUT2D eigenvalue weighted by atomic mass is 10.1. The van der Waals surface area contributed by atoms with Gasteiger partial charge < -0.3 is 29.8 Å². The highest BCUT2D eigenvalue weighted by atomic mass is 16.5. The number of rotatable bonds is 13. The van der Waals surface area contributed by atoms with Crippen molar-refractivity contribution in [3.8, 4) is 5.75 Å². The summed E-state index contributed by atoms with van der Waals surface area (Å²) < 4.78 is 17.5. The van der Waals surface area contributed by atoms with Gasteiger partial charge in [-0.3, -0.25) is 0 Å². The lowest BCUT2D eigenvalue weighted by molar-refractivity contribution is -0.870. The molecule has 1 aromatic rings. The zero-order valence-corrected chi connectivity index (χ0v) is 15.2. The fourth-order valence-corrected chi connectivity index (χ4v) is 1.93. The van der Waals surface area contributed by atoms with Crippen molar-refractivity contribution in [3.63, 3.8) is 0 Å². The van der Waals surface area contributed by atoms with Crippen molar-refractivity contribution in [2.75, 3.05) is 60.7 Å². The molecule has 0 saturated heterocycles. The maximum Gasteiger partial charge on any atom is 0.119 e. The van der Waals surface area contributed by atoms with E-state index in [2.05, 4.69) is 21.1 Å². The van der Waals surface area contributed by atoms with E-state index in [1.807, 2.05) is 24.3 Å². The molecule has 0 heterocycles. The predicted molar refractivity (Wildman–Crippen MR) is 96.9 cm³/mol. The number of nitrogens with zero attached hydrogens (tertiary/aromatic N) is 1. The first-order valence-electron chi connectivity index (χ1n) is 8.34. The predicted octanol–water partition coefficient (Wildman–Crippen LogP) is 1.32. The fourth-order valence-electron chi connectivity index (χ4n) is 1.93. The van der Waals surface area contributed by atoms with Crippen molar-refractivity contribution in [1.29, 1.82) is 5.41 Å². The fraction of sp³-hybridized carbons (Fsp3) is 0.611. The monoisotopic (exact) mass is 338 g/mol. The molecule has 0 radical (unpaired) electrons. The Hall–Kier alpha value is -1.47. The van der Waals surface area contributed by atoms with Crippen LogP contribution in [0.3, 0.4) is 0 Å². The van der Waals surface area contributed by atoms with Crippen LogP contribution in [0.1, 0.15) is 5.56 Å². The number of nitrogens with one attached hydrogen (secondary N) is 1. The van der Waals surface area contributed by atoms with Crippen LogP contribution in [0.5, 0.6) is 5.75 Å². The van der Waals surface area contributed by atoms with Crippen LogP contribution in [-0.2, 0) is 15.9 Å². The van der Waals surface area contributed by atoms with Gasteiger partial charge in [-0.2, -0.15) is 0 Å². The molecule has 0 bridgehead atoms. The molecule has 3 N–H and O–H groups in total. The summed E-state index contributed by atoms with van der Waals surface area (Å²) in [5.41, 5.74) is 6.82. The Morgan fingerprint density at radius 2 is 1.58 bits per heavy atom. The molecule has 0 fully saturated rings. The normalized spacial score (nSPS) is 12.8. The number of ether oxygens (including phenoxy) is 3. The zero-order chi connectivity index (χ0) is 17.8. The molecule has 0 aliphatic heterocycles. The summed E-state index contributed by atoms with van der Waals surface area (Å²) in [5, 5.41) is 7.11. The second kappa shape index (κ2) is 11.1. The summed E-state index contributed by atoms with van der Waals surface area (Å²) in [6.45, 7) is 3.99. The second-order valence-electron chi connectivity index (χ2n) is 6.77. The molecule has 136 valence electrons. The lowest BCUT2D eigenvalue weighted by Gasteiger charge is -2.23. The molecule has 0 aromatic heterocycles. The largest absolute Gasteiger partial charge is 0.491 e. The molecule has 0 aliphatic rings. The molecule has 6 heteroatoms. The molecule has 1 unspecified atom stereocenters. The number of likely N-dealkylation sites (N-methyl/N-ethyl adjacent to an activating group) is 1. The van der Waals surface area contributed by atoms with Gasteiger partial charge in [0.05, 0.1) is 47.6 Å². The van der Waals surface area contributed by atoms with Crippen LogP contribution < -0.4 is 10.5 Å². The highest BCUT2D eigenvalue weighted by molar-refractivity contribution is 5.60. The van der Waals surface area contributed by atoms with E-state index in [9.17, 15) is 0 Å². The maximum absolute atomic E-state index is 7.11. The first-order valence-corrected chi connectivity index (χ1v) is 8.34. The van der Waals surface area contributed by atoms with Gasteiger partial charge in [-0.1, -0.05) is 12.1 Å². The van der Waals surface area contributed by atoms with Crippen LogP contribution in [0, 0.1) is 5.41 Å². The first-order chi connectivity index (χ1) is 11.4. The lowest BCUT2D eigenvalue weighted by Crippen LogP contribution is -2.37. The highest BCUT2D eigenvalue weighted by Crippen LogP contribution is 2.12. The number of nitrogens with two attached hydrogens (primary N) is 1. The number of hydrogen-bond donors (Lipinski definition) is 2. The summed E-state index contributed by atoms with van der Waals surface area (Å²) >= 11 is 0. The summed E-state index contributed by atoms with van der Waals surface area (Å²) in [4.78, 5) is 0. The third-order valence-corrected chi connectivity index (χ3v) is 3.38. The molecule has 0 spiro atoms. The summed E-state index contributed by atoms with van der Waals surface area (Å²) in [6.07, 6.45) is 1.93. The van der Waals surface area contributed by atoms with Crippen LogP contribution in [0.2, 0.25) is 0 Å². The van der Waals surface area contributed by atoms with Crippen LogP contribution in [0.25, 0.3) is 0 Å². The molecule has 1 rings (SSSR count). The number of hydrogen-bond acceptors (Lipinski definition) is 5. The topological polar surface area (TPSA) is 77.6 Å². The van der Waals surface area contributed by atoms with Gasteiger partial charge in [0.1, 0.15) is 18.9 Å². The Bertz CT molecular complexity index is 458. The Labute approximate surface area is 145 Å². The van der Waals surface area contributed by atoms with Crippen LogP contribution in [0.15, 0.2) is 24.3 Å².